The molecular formula is C25H30N6O3S. The van der Waals surface area contributed by atoms with Gasteiger partial charge in [0.25, 0.3) is 0 Å². The molecule has 9 nitrogen and oxygen atoms in total. The van der Waals surface area contributed by atoms with E-state index >= 15 is 0 Å². The first-order chi connectivity index (χ1) is 17.0. The summed E-state index contributed by atoms with van der Waals surface area (Å²) in [5, 5.41) is 10.4. The van der Waals surface area contributed by atoms with Crippen LogP contribution in [0.25, 0.3) is 0 Å². The lowest BCUT2D eigenvalue weighted by Gasteiger charge is -2.36. The molecule has 5 rings (SSSR count). The fraction of sp³-hybridized carbons (Fsp3) is 0.360. The fourth-order valence-electron chi connectivity index (χ4n) is 4.72. The number of anilines is 1. The number of nitrogens with zero attached hydrogens (tertiary/aromatic N) is 3. The average molecular weight is 495 g/mol. The second kappa shape index (κ2) is 9.71. The van der Waals surface area contributed by atoms with Gasteiger partial charge in [0.05, 0.1) is 37.7 Å². The van der Waals surface area contributed by atoms with Crippen molar-refractivity contribution in [2.45, 2.75) is 38.5 Å². The Bertz CT molecular complexity index is 1190. The van der Waals surface area contributed by atoms with Crippen LogP contribution in [0.4, 0.5) is 5.69 Å². The number of fused-ring (bicyclic) bond motifs is 3. The lowest BCUT2D eigenvalue weighted by molar-refractivity contribution is -0.113. The predicted octanol–water partition coefficient (Wildman–Crippen LogP) is 3.30. The molecule has 0 aromatic heterocycles. The van der Waals surface area contributed by atoms with E-state index in [0.717, 1.165) is 11.6 Å². The van der Waals surface area contributed by atoms with Crippen LogP contribution in [0.1, 0.15) is 29.2 Å². The number of methoxy groups -OCH3 is 2. The lowest BCUT2D eigenvalue weighted by Crippen LogP contribution is -2.54. The number of thioether (sulfide) groups is 1. The smallest absolute Gasteiger partial charge is 0.234 e. The number of aryl methyl sites for hydroxylation is 2. The van der Waals surface area contributed by atoms with E-state index in [1.165, 1.54) is 28.5 Å². The molecule has 0 spiro atoms. The van der Waals surface area contributed by atoms with Crippen LogP contribution in [-0.2, 0) is 4.79 Å². The summed E-state index contributed by atoms with van der Waals surface area (Å²) in [6, 6.07) is 12.4. The van der Waals surface area contributed by atoms with E-state index in [1.807, 2.05) is 6.20 Å². The van der Waals surface area contributed by atoms with E-state index in [-0.39, 0.29) is 29.9 Å². The Morgan fingerprint density at radius 1 is 1.17 bits per heavy atom. The van der Waals surface area contributed by atoms with Crippen molar-refractivity contribution in [1.29, 1.82) is 0 Å². The molecule has 2 aromatic rings. The molecule has 0 bridgehead atoms. The molecule has 184 valence electrons. The predicted molar refractivity (Wildman–Crippen MR) is 138 cm³/mol. The molecule has 0 saturated carbocycles. The van der Waals surface area contributed by atoms with E-state index in [2.05, 4.69) is 69.4 Å². The number of amides is 1. The van der Waals surface area contributed by atoms with Gasteiger partial charge in [-0.15, -0.1) is 0 Å². The SMILES string of the molecule is COc1ccc(OC)c(NC(=O)CSC2=NNC3C4CC(c5cc(C)ccc5C)NN4C=CN23)c1. The summed E-state index contributed by atoms with van der Waals surface area (Å²) < 4.78 is 10.6. The highest BCUT2D eigenvalue weighted by molar-refractivity contribution is 8.14. The van der Waals surface area contributed by atoms with Crippen molar-refractivity contribution in [3.63, 3.8) is 0 Å². The first kappa shape index (κ1) is 23.4. The minimum absolute atomic E-state index is 0.00616. The number of carbonyl (C=O) groups is 1. The largest absolute Gasteiger partial charge is 0.497 e. The van der Waals surface area contributed by atoms with Crippen LogP contribution in [0.2, 0.25) is 0 Å². The molecule has 10 heteroatoms. The second-order valence-electron chi connectivity index (χ2n) is 8.83. The van der Waals surface area contributed by atoms with Gasteiger partial charge in [0.2, 0.25) is 5.91 Å². The summed E-state index contributed by atoms with van der Waals surface area (Å²) in [7, 11) is 3.16. The number of hydrazone groups is 1. The third kappa shape index (κ3) is 4.63. The minimum atomic E-state index is -0.146. The number of carbonyl (C=O) groups excluding carboxylic acids is 1. The number of hydrazine groups is 1. The maximum absolute atomic E-state index is 12.7. The summed E-state index contributed by atoms with van der Waals surface area (Å²) in [4.78, 5) is 14.8. The van der Waals surface area contributed by atoms with Crippen LogP contribution in [-0.4, -0.2) is 53.2 Å². The van der Waals surface area contributed by atoms with Crippen LogP contribution < -0.4 is 25.6 Å². The van der Waals surface area contributed by atoms with E-state index in [1.54, 1.807) is 32.4 Å². The van der Waals surface area contributed by atoms with E-state index < -0.39 is 0 Å². The van der Waals surface area contributed by atoms with Gasteiger partial charge in [-0.2, -0.15) is 5.10 Å². The first-order valence-electron chi connectivity index (χ1n) is 11.5. The molecule has 35 heavy (non-hydrogen) atoms. The first-order valence-corrected chi connectivity index (χ1v) is 12.5. The van der Waals surface area contributed by atoms with Crippen LogP contribution in [0, 0.1) is 13.8 Å². The summed E-state index contributed by atoms with van der Waals surface area (Å²) in [6.07, 6.45) is 5.02. The standard InChI is InChI=1S/C25H30N6O3S/c1-15-5-6-16(2)18(11-15)19-13-21-24-27-28-25(30(24)9-10-31(21)29-19)35-14-23(32)26-20-12-17(33-3)7-8-22(20)34-4/h5-12,19,21,24,27,29H,13-14H2,1-4H3,(H,26,32). The van der Waals surface area contributed by atoms with Gasteiger partial charge in [0, 0.05) is 18.5 Å². The number of hydrogen-bond donors (Lipinski definition) is 3. The molecule has 3 heterocycles. The topological polar surface area (TPSA) is 90.5 Å². The Morgan fingerprint density at radius 2 is 2.03 bits per heavy atom. The molecule has 3 N–H and O–H groups in total. The third-order valence-corrected chi connectivity index (χ3v) is 7.49. The Kier molecular flexibility index (Phi) is 6.48. The van der Waals surface area contributed by atoms with E-state index in [4.69, 9.17) is 9.47 Å². The summed E-state index contributed by atoms with van der Waals surface area (Å²) >= 11 is 1.40. The minimum Gasteiger partial charge on any atom is -0.497 e. The zero-order chi connectivity index (χ0) is 24.5. The maximum atomic E-state index is 12.7. The molecular weight excluding hydrogens is 464 g/mol. The van der Waals surface area contributed by atoms with Crippen LogP contribution >= 0.6 is 11.8 Å². The van der Waals surface area contributed by atoms with Gasteiger partial charge in [0.1, 0.15) is 17.7 Å². The highest BCUT2D eigenvalue weighted by Gasteiger charge is 2.44. The summed E-state index contributed by atoms with van der Waals surface area (Å²) in [5.41, 5.74) is 11.4. The summed E-state index contributed by atoms with van der Waals surface area (Å²) in [5.74, 6) is 1.30. The Morgan fingerprint density at radius 3 is 2.83 bits per heavy atom. The summed E-state index contributed by atoms with van der Waals surface area (Å²) in [6.45, 7) is 4.29. The molecule has 0 radical (unpaired) electrons. The van der Waals surface area contributed by atoms with Gasteiger partial charge in [-0.25, -0.2) is 5.43 Å². The van der Waals surface area contributed by atoms with Gasteiger partial charge in [-0.3, -0.25) is 10.2 Å². The number of ether oxygens (including phenoxy) is 2. The van der Waals surface area contributed by atoms with Crippen molar-refractivity contribution in [3.05, 3.63) is 65.5 Å². The number of nitrogens with one attached hydrogen (secondary N) is 3. The number of benzene rings is 2. The molecule has 1 fully saturated rings. The van der Waals surface area contributed by atoms with Gasteiger partial charge < -0.3 is 24.7 Å². The average Bonchev–Trinajstić information content (AvgIpc) is 3.48. The third-order valence-electron chi connectivity index (χ3n) is 6.53. The van der Waals surface area contributed by atoms with Crippen molar-refractivity contribution >= 4 is 28.5 Å². The van der Waals surface area contributed by atoms with Crippen molar-refractivity contribution in [2.24, 2.45) is 5.10 Å². The van der Waals surface area contributed by atoms with Gasteiger partial charge in [0.15, 0.2) is 5.17 Å². The molecule has 3 aliphatic rings. The Labute approximate surface area is 209 Å². The number of hydrogen-bond acceptors (Lipinski definition) is 9. The van der Waals surface area contributed by atoms with Crippen LogP contribution in [0.15, 0.2) is 53.9 Å². The molecule has 1 amide bonds. The monoisotopic (exact) mass is 494 g/mol. The van der Waals surface area contributed by atoms with Crippen LogP contribution in [0.5, 0.6) is 11.5 Å². The molecule has 3 atom stereocenters. The quantitative estimate of drug-likeness (QED) is 0.564. The van der Waals surface area contributed by atoms with E-state index in [0.29, 0.717) is 17.2 Å². The highest BCUT2D eigenvalue weighted by atomic mass is 32.2. The fourth-order valence-corrected chi connectivity index (χ4v) is 5.49. The van der Waals surface area contributed by atoms with Gasteiger partial charge in [-0.1, -0.05) is 35.5 Å². The van der Waals surface area contributed by atoms with Gasteiger partial charge in [-0.05, 0) is 43.5 Å². The lowest BCUT2D eigenvalue weighted by atomic mass is 9.95. The normalized spacial score (nSPS) is 22.3. The van der Waals surface area contributed by atoms with Crippen molar-refractivity contribution in [2.75, 3.05) is 25.3 Å². The van der Waals surface area contributed by atoms with E-state index in [9.17, 15) is 4.79 Å². The molecule has 3 unspecified atom stereocenters. The van der Waals surface area contributed by atoms with Crippen molar-refractivity contribution in [3.8, 4) is 11.5 Å². The van der Waals surface area contributed by atoms with Crippen LogP contribution in [0.3, 0.4) is 0 Å². The molecule has 2 aromatic carbocycles. The Hall–Kier alpha value is -3.37. The van der Waals surface area contributed by atoms with Gasteiger partial charge >= 0.3 is 0 Å². The maximum Gasteiger partial charge on any atom is 0.234 e. The molecule has 3 aliphatic heterocycles. The van der Waals surface area contributed by atoms with Crippen molar-refractivity contribution < 1.29 is 14.3 Å². The Balaban J connectivity index is 1.20. The van der Waals surface area contributed by atoms with Crippen molar-refractivity contribution in [1.82, 2.24) is 20.8 Å². The zero-order valence-corrected chi connectivity index (χ0v) is 21.1. The number of rotatable bonds is 6. The molecule has 1 saturated heterocycles. The highest BCUT2D eigenvalue weighted by Crippen LogP contribution is 2.36. The zero-order valence-electron chi connectivity index (χ0n) is 20.2. The number of amidine groups is 1. The molecule has 0 aliphatic carbocycles. The second-order valence-corrected chi connectivity index (χ2v) is 9.77.